The van der Waals surface area contributed by atoms with Gasteiger partial charge in [0.15, 0.2) is 0 Å². The van der Waals surface area contributed by atoms with Crippen LogP contribution in [0.15, 0.2) is 42.5 Å². The lowest BCUT2D eigenvalue weighted by molar-refractivity contribution is -0.138. The number of thioether (sulfide) groups is 1. The smallest absolute Gasteiger partial charge is 0.242 e. The number of halogens is 3. The molecule has 0 bridgehead atoms. The van der Waals surface area contributed by atoms with Crippen LogP contribution in [0.25, 0.3) is 0 Å². The van der Waals surface area contributed by atoms with Crippen LogP contribution < -0.4 is 5.32 Å². The van der Waals surface area contributed by atoms with Gasteiger partial charge in [-0.05, 0) is 50.6 Å². The number of carbonyl (C=O) groups is 2. The SMILES string of the molecule is CC(C)NC(=O)[C@@H](C)N(Cc1cccc(Cl)c1)C(=O)CSCc1c(F)cccc1Cl. The predicted octanol–water partition coefficient (Wildman–Crippen LogP) is 5.31. The third kappa shape index (κ3) is 7.18. The molecule has 0 aromatic heterocycles. The molecule has 2 rings (SSSR count). The number of benzene rings is 2. The van der Waals surface area contributed by atoms with Gasteiger partial charge in [-0.25, -0.2) is 4.39 Å². The first-order valence-corrected chi connectivity index (χ1v) is 11.4. The molecular formula is C22H25Cl2FN2O2S. The minimum absolute atomic E-state index is 0.0411. The highest BCUT2D eigenvalue weighted by Gasteiger charge is 2.26. The standard InChI is InChI=1S/C22H25Cl2FN2O2S/c1-14(2)26-22(29)15(3)27(11-16-6-4-7-17(23)10-16)21(28)13-30-12-18-19(24)8-5-9-20(18)25/h4-10,14-15H,11-13H2,1-3H3,(H,26,29)/t15-/m1/s1. The van der Waals surface area contributed by atoms with E-state index < -0.39 is 11.9 Å². The van der Waals surface area contributed by atoms with Gasteiger partial charge >= 0.3 is 0 Å². The number of amides is 2. The number of carbonyl (C=O) groups excluding carboxylic acids is 2. The third-order valence-corrected chi connectivity index (χ3v) is 5.91. The minimum Gasteiger partial charge on any atom is -0.352 e. The van der Waals surface area contributed by atoms with Gasteiger partial charge in [0.05, 0.1) is 5.75 Å². The van der Waals surface area contributed by atoms with Crippen molar-refractivity contribution in [2.45, 2.75) is 45.2 Å². The van der Waals surface area contributed by atoms with Gasteiger partial charge in [-0.1, -0.05) is 41.4 Å². The van der Waals surface area contributed by atoms with Crippen molar-refractivity contribution in [3.8, 4) is 0 Å². The summed E-state index contributed by atoms with van der Waals surface area (Å²) in [5, 5.41) is 3.73. The Morgan fingerprint density at radius 3 is 2.47 bits per heavy atom. The van der Waals surface area contributed by atoms with Crippen molar-refractivity contribution in [1.29, 1.82) is 0 Å². The molecule has 0 aliphatic heterocycles. The second kappa shape index (κ2) is 11.6. The molecule has 0 radical (unpaired) electrons. The molecule has 162 valence electrons. The summed E-state index contributed by atoms with van der Waals surface area (Å²) < 4.78 is 14.0. The fourth-order valence-corrected chi connectivity index (χ4v) is 4.28. The summed E-state index contributed by atoms with van der Waals surface area (Å²) in [5.74, 6) is -0.511. The van der Waals surface area contributed by atoms with E-state index in [1.807, 2.05) is 19.9 Å². The van der Waals surface area contributed by atoms with E-state index in [-0.39, 0.29) is 35.9 Å². The van der Waals surface area contributed by atoms with Crippen molar-refractivity contribution in [2.24, 2.45) is 0 Å². The predicted molar refractivity (Wildman–Crippen MR) is 122 cm³/mol. The van der Waals surface area contributed by atoms with Crippen molar-refractivity contribution in [3.05, 3.63) is 69.5 Å². The van der Waals surface area contributed by atoms with E-state index in [0.717, 1.165) is 5.56 Å². The molecule has 2 amide bonds. The number of hydrogen-bond donors (Lipinski definition) is 1. The average Bonchev–Trinajstić information content (AvgIpc) is 2.67. The van der Waals surface area contributed by atoms with Crippen LogP contribution >= 0.6 is 35.0 Å². The summed E-state index contributed by atoms with van der Waals surface area (Å²) in [4.78, 5) is 27.0. The molecule has 1 N–H and O–H groups in total. The first-order chi connectivity index (χ1) is 14.2. The van der Waals surface area contributed by atoms with Crippen LogP contribution in [-0.2, 0) is 21.9 Å². The van der Waals surface area contributed by atoms with Gasteiger partial charge in [-0.15, -0.1) is 11.8 Å². The van der Waals surface area contributed by atoms with Gasteiger partial charge in [-0.2, -0.15) is 0 Å². The van der Waals surface area contributed by atoms with E-state index in [9.17, 15) is 14.0 Å². The second-order valence-electron chi connectivity index (χ2n) is 7.18. The first kappa shape index (κ1) is 24.5. The molecule has 2 aromatic rings. The van der Waals surface area contributed by atoms with Gasteiger partial charge in [0.2, 0.25) is 11.8 Å². The van der Waals surface area contributed by atoms with Gasteiger partial charge < -0.3 is 10.2 Å². The molecule has 1 atom stereocenters. The Morgan fingerprint density at radius 1 is 1.13 bits per heavy atom. The summed E-state index contributed by atoms with van der Waals surface area (Å²) in [6, 6.07) is 11.0. The molecule has 0 fully saturated rings. The summed E-state index contributed by atoms with van der Waals surface area (Å²) in [6.45, 7) is 5.66. The van der Waals surface area contributed by atoms with Gasteiger partial charge in [0.25, 0.3) is 0 Å². The van der Waals surface area contributed by atoms with Crippen LogP contribution in [0.1, 0.15) is 31.9 Å². The Hall–Kier alpha value is -1.76. The Bertz CT molecular complexity index is 875. The number of nitrogens with one attached hydrogen (secondary N) is 1. The molecule has 0 saturated heterocycles. The Kier molecular flexibility index (Phi) is 9.46. The molecule has 30 heavy (non-hydrogen) atoms. The maximum absolute atomic E-state index is 14.0. The minimum atomic E-state index is -0.670. The van der Waals surface area contributed by atoms with Crippen molar-refractivity contribution >= 4 is 46.8 Å². The average molecular weight is 471 g/mol. The largest absolute Gasteiger partial charge is 0.352 e. The monoisotopic (exact) mass is 470 g/mol. The zero-order valence-corrected chi connectivity index (χ0v) is 19.5. The maximum Gasteiger partial charge on any atom is 0.242 e. The lowest BCUT2D eigenvalue weighted by atomic mass is 10.1. The number of rotatable bonds is 9. The maximum atomic E-state index is 14.0. The highest BCUT2D eigenvalue weighted by atomic mass is 35.5. The fourth-order valence-electron chi connectivity index (χ4n) is 2.81. The van der Waals surface area contributed by atoms with Crippen molar-refractivity contribution in [2.75, 3.05) is 5.75 Å². The van der Waals surface area contributed by atoms with Crippen LogP contribution in [0.3, 0.4) is 0 Å². The Morgan fingerprint density at radius 2 is 1.83 bits per heavy atom. The quantitative estimate of drug-likeness (QED) is 0.540. The number of hydrogen-bond acceptors (Lipinski definition) is 3. The normalized spacial score (nSPS) is 12.0. The van der Waals surface area contributed by atoms with Crippen LogP contribution in [0.4, 0.5) is 4.39 Å². The summed E-state index contributed by atoms with van der Waals surface area (Å²) in [5.41, 5.74) is 1.19. The second-order valence-corrected chi connectivity index (χ2v) is 9.01. The lowest BCUT2D eigenvalue weighted by Crippen LogP contribution is -2.49. The van der Waals surface area contributed by atoms with Gasteiger partial charge in [0.1, 0.15) is 11.9 Å². The Balaban J connectivity index is 2.11. The molecule has 2 aromatic carbocycles. The highest BCUT2D eigenvalue weighted by Crippen LogP contribution is 2.24. The lowest BCUT2D eigenvalue weighted by Gasteiger charge is -2.29. The van der Waals surface area contributed by atoms with Crippen LogP contribution in [-0.4, -0.2) is 34.6 Å². The van der Waals surface area contributed by atoms with Crippen LogP contribution in [0.2, 0.25) is 10.0 Å². The molecule has 8 heteroatoms. The topological polar surface area (TPSA) is 49.4 Å². The van der Waals surface area contributed by atoms with Crippen LogP contribution in [0, 0.1) is 5.82 Å². The van der Waals surface area contributed by atoms with Crippen molar-refractivity contribution in [1.82, 2.24) is 10.2 Å². The Labute approximate surface area is 191 Å². The van der Waals surface area contributed by atoms with E-state index in [2.05, 4.69) is 5.32 Å². The first-order valence-electron chi connectivity index (χ1n) is 9.54. The highest BCUT2D eigenvalue weighted by molar-refractivity contribution is 7.99. The zero-order chi connectivity index (χ0) is 22.3. The molecule has 0 saturated carbocycles. The molecule has 0 aliphatic carbocycles. The molecule has 0 heterocycles. The molecule has 0 spiro atoms. The summed E-state index contributed by atoms with van der Waals surface area (Å²) in [7, 11) is 0. The summed E-state index contributed by atoms with van der Waals surface area (Å²) >= 11 is 13.4. The van der Waals surface area contributed by atoms with E-state index in [1.165, 1.54) is 22.7 Å². The molecule has 0 unspecified atom stereocenters. The molecule has 4 nitrogen and oxygen atoms in total. The zero-order valence-electron chi connectivity index (χ0n) is 17.1. The van der Waals surface area contributed by atoms with Crippen LogP contribution in [0.5, 0.6) is 0 Å². The van der Waals surface area contributed by atoms with E-state index >= 15 is 0 Å². The fraction of sp³-hybridized carbons (Fsp3) is 0.364. The molecule has 0 aliphatic rings. The molecular weight excluding hydrogens is 446 g/mol. The van der Waals surface area contributed by atoms with Crippen molar-refractivity contribution in [3.63, 3.8) is 0 Å². The van der Waals surface area contributed by atoms with Gasteiger partial charge in [0, 0.05) is 33.9 Å². The van der Waals surface area contributed by atoms with E-state index in [0.29, 0.717) is 15.6 Å². The van der Waals surface area contributed by atoms with E-state index in [4.69, 9.17) is 23.2 Å². The van der Waals surface area contributed by atoms with E-state index in [1.54, 1.807) is 37.3 Å². The van der Waals surface area contributed by atoms with Crippen molar-refractivity contribution < 1.29 is 14.0 Å². The van der Waals surface area contributed by atoms with Gasteiger partial charge in [-0.3, -0.25) is 9.59 Å². The third-order valence-electron chi connectivity index (χ3n) is 4.37. The summed E-state index contributed by atoms with van der Waals surface area (Å²) in [6.07, 6.45) is 0. The number of nitrogens with zero attached hydrogens (tertiary/aromatic N) is 1.